The van der Waals surface area contributed by atoms with Crippen molar-refractivity contribution in [2.75, 3.05) is 13.2 Å². The Morgan fingerprint density at radius 1 is 1.29 bits per heavy atom. The summed E-state index contributed by atoms with van der Waals surface area (Å²) in [6.45, 7) is 1.27. The molecule has 0 saturated heterocycles. The Balaban J connectivity index is 2.14. The van der Waals surface area contributed by atoms with Gasteiger partial charge in [-0.15, -0.1) is 0 Å². The molecule has 0 fully saturated rings. The maximum absolute atomic E-state index is 10.4. The molecule has 0 radical (unpaired) electrons. The van der Waals surface area contributed by atoms with Gasteiger partial charge in [-0.25, -0.2) is 0 Å². The zero-order valence-corrected chi connectivity index (χ0v) is 9.14. The van der Waals surface area contributed by atoms with Gasteiger partial charge in [-0.1, -0.05) is 0 Å². The average molecular weight is 233 g/mol. The van der Waals surface area contributed by atoms with Crippen LogP contribution in [0.1, 0.15) is 16.7 Å². The van der Waals surface area contributed by atoms with Gasteiger partial charge in [0.25, 0.3) is 0 Å². The summed E-state index contributed by atoms with van der Waals surface area (Å²) in [5, 5.41) is 10.4. The van der Waals surface area contributed by atoms with E-state index in [9.17, 15) is 10.1 Å². The Labute approximate surface area is 97.8 Å². The fourth-order valence-corrected chi connectivity index (χ4v) is 2.33. The van der Waals surface area contributed by atoms with Crippen molar-refractivity contribution in [2.24, 2.45) is 0 Å². The molecule has 0 saturated carbocycles. The Bertz CT molecular complexity index is 489. The highest BCUT2D eigenvalue weighted by atomic mass is 16.6. The van der Waals surface area contributed by atoms with E-state index in [1.807, 2.05) is 6.07 Å². The van der Waals surface area contributed by atoms with Crippen LogP contribution in [0.15, 0.2) is 12.3 Å². The van der Waals surface area contributed by atoms with Crippen LogP contribution in [0, 0.1) is 10.1 Å². The van der Waals surface area contributed by atoms with E-state index in [1.54, 1.807) is 0 Å². The molecule has 0 bridgehead atoms. The lowest BCUT2D eigenvalue weighted by molar-refractivity contribution is -0.400. The third-order valence-corrected chi connectivity index (χ3v) is 3.05. The largest absolute Gasteiger partial charge is 0.493 e. The molecular weight excluding hydrogens is 222 g/mol. The standard InChI is InChI=1S/C12H11NO4/c14-13(15)4-1-10-9-3-6-16-11(9)7-8-2-5-17-12(8)10/h1,4,7H,2-3,5-6H2/b4-1+. The molecule has 3 rings (SSSR count). The van der Waals surface area contributed by atoms with Gasteiger partial charge in [0.2, 0.25) is 6.20 Å². The minimum absolute atomic E-state index is 0.462. The highest BCUT2D eigenvalue weighted by molar-refractivity contribution is 5.68. The summed E-state index contributed by atoms with van der Waals surface area (Å²) in [5.41, 5.74) is 2.90. The lowest BCUT2D eigenvalue weighted by atomic mass is 9.99. The second-order valence-corrected chi connectivity index (χ2v) is 4.05. The third kappa shape index (κ3) is 1.63. The van der Waals surface area contributed by atoms with Gasteiger partial charge < -0.3 is 9.47 Å². The topological polar surface area (TPSA) is 61.6 Å². The van der Waals surface area contributed by atoms with Gasteiger partial charge in [0.15, 0.2) is 0 Å². The smallest absolute Gasteiger partial charge is 0.235 e. The van der Waals surface area contributed by atoms with Crippen molar-refractivity contribution in [2.45, 2.75) is 12.8 Å². The number of nitro groups is 1. The molecule has 2 heterocycles. The zero-order valence-electron chi connectivity index (χ0n) is 9.14. The zero-order chi connectivity index (χ0) is 11.8. The molecule has 2 aliphatic rings. The van der Waals surface area contributed by atoms with Crippen molar-refractivity contribution in [3.05, 3.63) is 39.1 Å². The molecule has 0 unspecified atom stereocenters. The summed E-state index contributed by atoms with van der Waals surface area (Å²) >= 11 is 0. The number of benzene rings is 1. The number of rotatable bonds is 2. The first-order valence-corrected chi connectivity index (χ1v) is 5.52. The molecule has 0 atom stereocenters. The van der Waals surface area contributed by atoms with Crippen LogP contribution < -0.4 is 9.47 Å². The molecule has 5 nitrogen and oxygen atoms in total. The molecule has 17 heavy (non-hydrogen) atoms. The van der Waals surface area contributed by atoms with Crippen molar-refractivity contribution in [3.63, 3.8) is 0 Å². The van der Waals surface area contributed by atoms with Gasteiger partial charge in [-0.3, -0.25) is 10.1 Å². The first-order valence-electron chi connectivity index (χ1n) is 5.52. The Morgan fingerprint density at radius 3 is 2.94 bits per heavy atom. The number of nitrogens with zero attached hydrogens (tertiary/aromatic N) is 1. The van der Waals surface area contributed by atoms with Crippen LogP contribution in [0.3, 0.4) is 0 Å². The van der Waals surface area contributed by atoms with Crippen molar-refractivity contribution >= 4 is 6.08 Å². The predicted molar refractivity (Wildman–Crippen MR) is 60.9 cm³/mol. The molecule has 5 heteroatoms. The van der Waals surface area contributed by atoms with Crippen LogP contribution in [0.2, 0.25) is 0 Å². The van der Waals surface area contributed by atoms with Crippen LogP contribution in [0.4, 0.5) is 0 Å². The first-order chi connectivity index (χ1) is 8.25. The van der Waals surface area contributed by atoms with Gasteiger partial charge in [-0.05, 0) is 6.07 Å². The van der Waals surface area contributed by atoms with E-state index in [0.717, 1.165) is 47.2 Å². The second-order valence-electron chi connectivity index (χ2n) is 4.05. The van der Waals surface area contributed by atoms with E-state index < -0.39 is 4.92 Å². The van der Waals surface area contributed by atoms with E-state index in [4.69, 9.17) is 9.47 Å². The molecule has 88 valence electrons. The fraction of sp³-hybridized carbons (Fsp3) is 0.333. The molecule has 0 aromatic heterocycles. The van der Waals surface area contributed by atoms with Crippen LogP contribution >= 0.6 is 0 Å². The minimum atomic E-state index is -0.462. The molecule has 1 aromatic rings. The van der Waals surface area contributed by atoms with Gasteiger partial charge in [-0.2, -0.15) is 0 Å². The Hall–Kier alpha value is -2.04. The van der Waals surface area contributed by atoms with Crippen molar-refractivity contribution in [1.29, 1.82) is 0 Å². The van der Waals surface area contributed by atoms with Gasteiger partial charge in [0.05, 0.1) is 18.1 Å². The fourth-order valence-electron chi connectivity index (χ4n) is 2.33. The van der Waals surface area contributed by atoms with Crippen molar-refractivity contribution < 1.29 is 14.4 Å². The number of fused-ring (bicyclic) bond motifs is 2. The SMILES string of the molecule is O=[N+]([O-])/C=C/c1c2c(cc3c1OCC3)OCC2. The maximum atomic E-state index is 10.4. The quantitative estimate of drug-likeness (QED) is 0.577. The van der Waals surface area contributed by atoms with Crippen LogP contribution in [-0.4, -0.2) is 18.1 Å². The van der Waals surface area contributed by atoms with Gasteiger partial charge in [0.1, 0.15) is 11.5 Å². The molecule has 0 aliphatic carbocycles. The number of hydrogen-bond acceptors (Lipinski definition) is 4. The number of ether oxygens (including phenoxy) is 2. The minimum Gasteiger partial charge on any atom is -0.493 e. The second kappa shape index (κ2) is 3.76. The average Bonchev–Trinajstić information content (AvgIpc) is 2.90. The molecular formula is C12H11NO4. The molecule has 0 N–H and O–H groups in total. The van der Waals surface area contributed by atoms with E-state index >= 15 is 0 Å². The first kappa shape index (κ1) is 10.1. The van der Waals surface area contributed by atoms with Crippen molar-refractivity contribution in [1.82, 2.24) is 0 Å². The van der Waals surface area contributed by atoms with Crippen LogP contribution in [0.5, 0.6) is 11.5 Å². The van der Waals surface area contributed by atoms with E-state index in [2.05, 4.69) is 0 Å². The summed E-state index contributed by atoms with van der Waals surface area (Å²) in [4.78, 5) is 9.96. The summed E-state index contributed by atoms with van der Waals surface area (Å²) in [5.74, 6) is 1.63. The Morgan fingerprint density at radius 2 is 2.12 bits per heavy atom. The Kier molecular flexibility index (Phi) is 2.24. The third-order valence-electron chi connectivity index (χ3n) is 3.05. The summed E-state index contributed by atoms with van der Waals surface area (Å²) in [6.07, 6.45) is 4.09. The van der Waals surface area contributed by atoms with E-state index in [0.29, 0.717) is 13.2 Å². The molecule has 2 aliphatic heterocycles. The monoisotopic (exact) mass is 233 g/mol. The van der Waals surface area contributed by atoms with Crippen LogP contribution in [0.25, 0.3) is 6.08 Å². The predicted octanol–water partition coefficient (Wildman–Crippen LogP) is 1.80. The maximum Gasteiger partial charge on any atom is 0.235 e. The highest BCUT2D eigenvalue weighted by Gasteiger charge is 2.25. The van der Waals surface area contributed by atoms with Crippen molar-refractivity contribution in [3.8, 4) is 11.5 Å². The molecule has 0 amide bonds. The molecule has 1 aromatic carbocycles. The van der Waals surface area contributed by atoms with E-state index in [-0.39, 0.29) is 0 Å². The lowest BCUT2D eigenvalue weighted by Crippen LogP contribution is -1.93. The lowest BCUT2D eigenvalue weighted by Gasteiger charge is -2.08. The summed E-state index contributed by atoms with van der Waals surface area (Å²) < 4.78 is 11.1. The number of hydrogen-bond donors (Lipinski definition) is 0. The summed E-state index contributed by atoms with van der Waals surface area (Å²) in [6, 6.07) is 1.99. The van der Waals surface area contributed by atoms with Crippen LogP contribution in [-0.2, 0) is 12.8 Å². The molecule has 0 spiro atoms. The van der Waals surface area contributed by atoms with Gasteiger partial charge >= 0.3 is 0 Å². The van der Waals surface area contributed by atoms with E-state index in [1.165, 1.54) is 6.08 Å². The normalized spacial score (nSPS) is 16.5. The highest BCUT2D eigenvalue weighted by Crippen LogP contribution is 2.41. The van der Waals surface area contributed by atoms with Gasteiger partial charge in [0, 0.05) is 35.6 Å². The summed E-state index contributed by atoms with van der Waals surface area (Å²) in [7, 11) is 0.